The Balaban J connectivity index is 1.62. The molecule has 4 aromatic rings. The first kappa shape index (κ1) is 25.7. The zero-order chi connectivity index (χ0) is 26.5. The van der Waals surface area contributed by atoms with Crippen molar-refractivity contribution in [1.82, 2.24) is 20.1 Å². The summed E-state index contributed by atoms with van der Waals surface area (Å²) in [5.74, 6) is -1.51. The molecule has 2 N–H and O–H groups in total. The average molecular weight is 658 g/mol. The van der Waals surface area contributed by atoms with Crippen molar-refractivity contribution in [2.45, 2.75) is 25.1 Å². The molecule has 37 heavy (non-hydrogen) atoms. The van der Waals surface area contributed by atoms with Crippen molar-refractivity contribution >= 4 is 71.7 Å². The summed E-state index contributed by atoms with van der Waals surface area (Å²) in [5.41, 5.74) is -1.51. The Labute approximate surface area is 229 Å². The minimum absolute atomic E-state index is 0.00432. The molecule has 0 saturated heterocycles. The van der Waals surface area contributed by atoms with Crippen molar-refractivity contribution in [3.8, 4) is 5.82 Å². The molecule has 1 saturated carbocycles. The van der Waals surface area contributed by atoms with Crippen LogP contribution in [0, 0.1) is 0 Å². The average Bonchev–Trinajstić information content (AvgIpc) is 3.53. The van der Waals surface area contributed by atoms with Crippen LogP contribution in [0.4, 0.5) is 18.9 Å². The summed E-state index contributed by atoms with van der Waals surface area (Å²) in [7, 11) is 0. The largest absolute Gasteiger partial charge is 0.435 e. The van der Waals surface area contributed by atoms with Crippen molar-refractivity contribution in [3.63, 3.8) is 0 Å². The highest BCUT2D eigenvalue weighted by molar-refractivity contribution is 9.11. The molecule has 2 aromatic heterocycles. The number of nitrogens with one attached hydrogen (secondary N) is 2. The van der Waals surface area contributed by atoms with E-state index in [1.54, 1.807) is 18.2 Å². The van der Waals surface area contributed by atoms with Crippen molar-refractivity contribution in [3.05, 3.63) is 79.6 Å². The summed E-state index contributed by atoms with van der Waals surface area (Å²) in [5, 5.41) is 10.4. The van der Waals surface area contributed by atoms with Crippen LogP contribution in [0.5, 0.6) is 0 Å². The molecule has 7 nitrogen and oxygen atoms in total. The van der Waals surface area contributed by atoms with Crippen molar-refractivity contribution in [2.24, 2.45) is 0 Å². The molecule has 1 aliphatic carbocycles. The number of aromatic nitrogens is 3. The first-order chi connectivity index (χ1) is 17.5. The third-order valence-corrected chi connectivity index (χ3v) is 7.22. The van der Waals surface area contributed by atoms with E-state index >= 15 is 0 Å². The molecule has 2 heterocycles. The van der Waals surface area contributed by atoms with Gasteiger partial charge >= 0.3 is 6.18 Å². The van der Waals surface area contributed by atoms with Gasteiger partial charge < -0.3 is 10.6 Å². The number of hydrogen-bond acceptors (Lipinski definition) is 4. The van der Waals surface area contributed by atoms with Crippen LogP contribution in [-0.4, -0.2) is 32.6 Å². The molecule has 0 unspecified atom stereocenters. The van der Waals surface area contributed by atoms with Crippen molar-refractivity contribution < 1.29 is 22.8 Å². The number of carbonyl (C=O) groups is 2. The molecular formula is C24H15Br2ClF3N5O2. The smallest absolute Gasteiger partial charge is 0.349 e. The van der Waals surface area contributed by atoms with E-state index in [9.17, 15) is 22.8 Å². The minimum Gasteiger partial charge on any atom is -0.349 e. The summed E-state index contributed by atoms with van der Waals surface area (Å²) in [6.45, 7) is 0. The Hall–Kier alpha value is -2.96. The van der Waals surface area contributed by atoms with Crippen LogP contribution in [0.1, 0.15) is 39.4 Å². The Morgan fingerprint density at radius 1 is 1.08 bits per heavy atom. The fourth-order valence-electron chi connectivity index (χ4n) is 3.68. The van der Waals surface area contributed by atoms with E-state index in [1.807, 2.05) is 6.07 Å². The third-order valence-electron chi connectivity index (χ3n) is 5.61. The Bertz CT molecular complexity index is 1570. The molecule has 2 amide bonds. The second kappa shape index (κ2) is 9.73. The first-order valence-corrected chi connectivity index (χ1v) is 12.8. The molecule has 190 valence electrons. The number of anilines is 1. The Morgan fingerprint density at radius 3 is 2.51 bits per heavy atom. The predicted octanol–water partition coefficient (Wildman–Crippen LogP) is 6.76. The molecule has 0 spiro atoms. The van der Waals surface area contributed by atoms with Gasteiger partial charge in [-0.15, -0.1) is 0 Å². The topological polar surface area (TPSA) is 88.9 Å². The number of carbonyl (C=O) groups excluding carboxylic acids is 2. The normalized spacial score (nSPS) is 13.6. The van der Waals surface area contributed by atoms with Crippen LogP contribution in [0.15, 0.2) is 57.6 Å². The minimum atomic E-state index is -4.83. The van der Waals surface area contributed by atoms with Gasteiger partial charge in [-0.05, 0) is 69.9 Å². The molecular weight excluding hydrogens is 643 g/mol. The van der Waals surface area contributed by atoms with Gasteiger partial charge in [-0.25, -0.2) is 9.67 Å². The van der Waals surface area contributed by atoms with E-state index in [0.29, 0.717) is 21.3 Å². The zero-order valence-electron chi connectivity index (χ0n) is 18.5. The standard InChI is InChI=1S/C24H15Br2ClF3N5O2/c25-12-3-6-14-11(8-12)9-15(22(36)32-13-4-5-13)20(19(14)26)33-23(37)17-10-18(24(28,29)30)34-35(17)21-16(27)2-1-7-31-21/h1-3,6-10,13H,4-5H2,(H,32,36)(H,33,37). The molecule has 0 bridgehead atoms. The number of rotatable bonds is 5. The van der Waals surface area contributed by atoms with Crippen LogP contribution < -0.4 is 10.6 Å². The first-order valence-electron chi connectivity index (χ1n) is 10.8. The summed E-state index contributed by atoms with van der Waals surface area (Å²) in [4.78, 5) is 30.5. The zero-order valence-corrected chi connectivity index (χ0v) is 22.5. The Morgan fingerprint density at radius 2 is 1.84 bits per heavy atom. The van der Waals surface area contributed by atoms with Crippen LogP contribution in [0.2, 0.25) is 5.02 Å². The second-order valence-corrected chi connectivity index (χ2v) is 10.4. The maximum Gasteiger partial charge on any atom is 0.435 e. The number of nitrogens with zero attached hydrogens (tertiary/aromatic N) is 3. The van der Waals surface area contributed by atoms with E-state index in [-0.39, 0.29) is 28.1 Å². The molecule has 13 heteroatoms. The van der Waals surface area contributed by atoms with Gasteiger partial charge in [-0.1, -0.05) is 33.6 Å². The van der Waals surface area contributed by atoms with E-state index in [0.717, 1.165) is 22.0 Å². The number of halogens is 6. The van der Waals surface area contributed by atoms with Gasteiger partial charge in [0.05, 0.1) is 16.3 Å². The van der Waals surface area contributed by atoms with E-state index in [4.69, 9.17) is 11.6 Å². The van der Waals surface area contributed by atoms with Gasteiger partial charge in [0.15, 0.2) is 11.5 Å². The van der Waals surface area contributed by atoms with Gasteiger partial charge in [0, 0.05) is 27.3 Å². The van der Waals surface area contributed by atoms with Gasteiger partial charge in [-0.2, -0.15) is 18.3 Å². The van der Waals surface area contributed by atoms with E-state index in [1.165, 1.54) is 18.3 Å². The summed E-state index contributed by atoms with van der Waals surface area (Å²) in [6.07, 6.45) is -1.82. The predicted molar refractivity (Wildman–Crippen MR) is 139 cm³/mol. The quantitative estimate of drug-likeness (QED) is 0.248. The number of alkyl halides is 3. The molecule has 1 fully saturated rings. The molecule has 0 radical (unpaired) electrons. The summed E-state index contributed by atoms with van der Waals surface area (Å²) >= 11 is 13.0. The van der Waals surface area contributed by atoms with E-state index in [2.05, 4.69) is 52.6 Å². The number of hydrogen-bond donors (Lipinski definition) is 2. The number of pyridine rings is 1. The fraction of sp³-hybridized carbons (Fsp3) is 0.167. The highest BCUT2D eigenvalue weighted by atomic mass is 79.9. The SMILES string of the molecule is O=C(NC1CC1)c1cc2cc(Br)ccc2c(Br)c1NC(=O)c1cc(C(F)(F)F)nn1-c1ncccc1Cl. The third kappa shape index (κ3) is 5.23. The van der Waals surface area contributed by atoms with Crippen LogP contribution in [0.3, 0.4) is 0 Å². The second-order valence-electron chi connectivity index (χ2n) is 8.31. The van der Waals surface area contributed by atoms with Crippen LogP contribution in [-0.2, 0) is 6.18 Å². The van der Waals surface area contributed by atoms with Gasteiger partial charge in [0.25, 0.3) is 11.8 Å². The lowest BCUT2D eigenvalue weighted by Gasteiger charge is -2.16. The molecule has 0 aliphatic heterocycles. The highest BCUT2D eigenvalue weighted by Crippen LogP contribution is 2.37. The van der Waals surface area contributed by atoms with Crippen LogP contribution >= 0.6 is 43.5 Å². The molecule has 0 atom stereocenters. The lowest BCUT2D eigenvalue weighted by Crippen LogP contribution is -2.27. The number of benzene rings is 2. The maximum atomic E-state index is 13.5. The summed E-state index contributed by atoms with van der Waals surface area (Å²) < 4.78 is 42.5. The van der Waals surface area contributed by atoms with E-state index < -0.39 is 29.4 Å². The molecule has 5 rings (SSSR count). The fourth-order valence-corrected chi connectivity index (χ4v) is 4.93. The lowest BCUT2D eigenvalue weighted by molar-refractivity contribution is -0.141. The van der Waals surface area contributed by atoms with Crippen LogP contribution in [0.25, 0.3) is 16.6 Å². The molecule has 2 aromatic carbocycles. The summed E-state index contributed by atoms with van der Waals surface area (Å²) in [6, 6.07) is 10.6. The van der Waals surface area contributed by atoms with Crippen molar-refractivity contribution in [1.29, 1.82) is 0 Å². The monoisotopic (exact) mass is 655 g/mol. The maximum absolute atomic E-state index is 13.5. The highest BCUT2D eigenvalue weighted by Gasteiger charge is 2.37. The van der Waals surface area contributed by atoms with Gasteiger partial charge in [0.1, 0.15) is 5.69 Å². The number of amides is 2. The Kier molecular flexibility index (Phi) is 6.75. The lowest BCUT2D eigenvalue weighted by atomic mass is 10.0. The molecule has 1 aliphatic rings. The number of fused-ring (bicyclic) bond motifs is 1. The van der Waals surface area contributed by atoms with Crippen molar-refractivity contribution in [2.75, 3.05) is 5.32 Å². The van der Waals surface area contributed by atoms with Gasteiger partial charge in [0.2, 0.25) is 0 Å². The van der Waals surface area contributed by atoms with Gasteiger partial charge in [-0.3, -0.25) is 9.59 Å².